The predicted octanol–water partition coefficient (Wildman–Crippen LogP) is 12.7. The Labute approximate surface area is 303 Å². The Bertz CT molecular complexity index is 2870. The summed E-state index contributed by atoms with van der Waals surface area (Å²) in [6.45, 7) is 0. The van der Waals surface area contributed by atoms with Crippen molar-refractivity contribution in [2.45, 2.75) is 43.9 Å². The van der Waals surface area contributed by atoms with Gasteiger partial charge in [0.2, 0.25) is 0 Å². The lowest BCUT2D eigenvalue weighted by Crippen LogP contribution is -2.57. The summed E-state index contributed by atoms with van der Waals surface area (Å²) in [6, 6.07) is 46.0. The Kier molecular flexibility index (Phi) is 5.41. The van der Waals surface area contributed by atoms with Gasteiger partial charge in [-0.2, -0.15) is 0 Å². The summed E-state index contributed by atoms with van der Waals surface area (Å²) in [5, 5.41) is 8.08. The van der Waals surface area contributed by atoms with Crippen molar-refractivity contribution >= 4 is 60.0 Å². The fraction of sp³-hybridized carbons (Fsp3) is 0.240. The number of hydrogen-bond donors (Lipinski definition) is 0. The minimum atomic E-state index is 0.280. The lowest BCUT2D eigenvalue weighted by Gasteiger charge is -2.62. The first-order valence-electron chi connectivity index (χ1n) is 19.7. The van der Waals surface area contributed by atoms with Crippen LogP contribution >= 0.6 is 0 Å². The fourth-order valence-electron chi connectivity index (χ4n) is 13.3. The Balaban J connectivity index is 1.18. The molecule has 0 amide bonds. The molecule has 2 heterocycles. The van der Waals surface area contributed by atoms with E-state index in [4.69, 9.17) is 0 Å². The SMILES string of the molecule is C1=CCC2C(=C1)c1c(ccc3c1c1cc4ccccc4cc1n3-c1cccc3c1c1ccccc1n3-c1ccccc1)C21C2CC3CC(C2)CC1C3. The first-order chi connectivity index (χ1) is 25.8. The number of rotatable bonds is 2. The Morgan fingerprint density at radius 1 is 0.538 bits per heavy atom. The van der Waals surface area contributed by atoms with Crippen molar-refractivity contribution in [3.63, 3.8) is 0 Å². The normalized spacial score (nSPS) is 27.1. The molecule has 52 heavy (non-hydrogen) atoms. The van der Waals surface area contributed by atoms with E-state index in [2.05, 4.69) is 149 Å². The van der Waals surface area contributed by atoms with Crippen LogP contribution in [0.3, 0.4) is 0 Å². The molecule has 2 heteroatoms. The molecular weight excluding hydrogens is 629 g/mol. The van der Waals surface area contributed by atoms with Crippen molar-refractivity contribution in [1.29, 1.82) is 0 Å². The highest BCUT2D eigenvalue weighted by Gasteiger charge is 2.64. The topological polar surface area (TPSA) is 9.86 Å². The second-order valence-corrected chi connectivity index (χ2v) is 16.9. The molecule has 0 radical (unpaired) electrons. The molecule has 0 N–H and O–H groups in total. The molecule has 4 saturated carbocycles. The highest BCUT2D eigenvalue weighted by Crippen LogP contribution is 2.72. The molecule has 1 spiro atoms. The van der Waals surface area contributed by atoms with Gasteiger partial charge in [0, 0.05) is 32.6 Å². The minimum Gasteiger partial charge on any atom is -0.309 e. The molecule has 2 nitrogen and oxygen atoms in total. The predicted molar refractivity (Wildman–Crippen MR) is 217 cm³/mol. The molecule has 1 atom stereocenters. The van der Waals surface area contributed by atoms with Crippen LogP contribution in [0.2, 0.25) is 0 Å². The smallest absolute Gasteiger partial charge is 0.0562 e. The molecule has 4 bridgehead atoms. The van der Waals surface area contributed by atoms with Gasteiger partial charge >= 0.3 is 0 Å². The van der Waals surface area contributed by atoms with E-state index in [0.29, 0.717) is 5.92 Å². The standard InChI is InChI=1S/C50H40N2/c1-2-13-36(14-3-1)51-42-18-9-7-16-38(42)48-43(51)19-10-20-44(48)52-45-22-21-41-47(49(45)39-28-32-11-4-5-12-33(32)29-46(39)52)37-15-6-8-17-40(37)50(41)34-24-30-23-31(26-34)27-35(50)25-30/h1-16,18-22,28-31,34-35,40H,17,23-27H2. The molecule has 0 aliphatic heterocycles. The summed E-state index contributed by atoms with van der Waals surface area (Å²) < 4.78 is 5.09. The van der Waals surface area contributed by atoms with Gasteiger partial charge in [-0.15, -0.1) is 0 Å². The van der Waals surface area contributed by atoms with Gasteiger partial charge in [0.15, 0.2) is 0 Å². The summed E-state index contributed by atoms with van der Waals surface area (Å²) in [6.07, 6.45) is 15.8. The largest absolute Gasteiger partial charge is 0.309 e. The minimum absolute atomic E-state index is 0.280. The second-order valence-electron chi connectivity index (χ2n) is 16.9. The molecule has 14 rings (SSSR count). The maximum atomic E-state index is 2.64. The van der Waals surface area contributed by atoms with Crippen LogP contribution in [0.1, 0.15) is 49.7 Å². The van der Waals surface area contributed by atoms with Gasteiger partial charge in [-0.25, -0.2) is 0 Å². The van der Waals surface area contributed by atoms with Crippen LogP contribution < -0.4 is 0 Å². The van der Waals surface area contributed by atoms with Crippen molar-refractivity contribution in [3.8, 4) is 11.4 Å². The molecule has 4 fully saturated rings. The van der Waals surface area contributed by atoms with Gasteiger partial charge in [-0.1, -0.05) is 91.0 Å². The summed E-state index contributed by atoms with van der Waals surface area (Å²) >= 11 is 0. The fourth-order valence-corrected chi connectivity index (χ4v) is 13.3. The zero-order valence-corrected chi connectivity index (χ0v) is 29.3. The van der Waals surface area contributed by atoms with Crippen LogP contribution in [0.5, 0.6) is 0 Å². The second kappa shape index (κ2) is 9.95. The van der Waals surface area contributed by atoms with E-state index in [1.54, 1.807) is 16.7 Å². The number of fused-ring (bicyclic) bond motifs is 11. The summed E-state index contributed by atoms with van der Waals surface area (Å²) in [5.74, 6) is 4.14. The number of hydrogen-bond acceptors (Lipinski definition) is 0. The van der Waals surface area contributed by atoms with E-state index in [9.17, 15) is 0 Å². The summed E-state index contributed by atoms with van der Waals surface area (Å²) in [5.41, 5.74) is 12.8. The van der Waals surface area contributed by atoms with Gasteiger partial charge in [0.1, 0.15) is 0 Å². The first-order valence-corrected chi connectivity index (χ1v) is 19.7. The zero-order chi connectivity index (χ0) is 33.7. The summed E-state index contributed by atoms with van der Waals surface area (Å²) in [4.78, 5) is 0. The average molecular weight is 669 g/mol. The first kappa shape index (κ1) is 28.3. The Morgan fingerprint density at radius 2 is 1.25 bits per heavy atom. The molecule has 6 aliphatic rings. The number of allylic oxidation sites excluding steroid dienone is 4. The molecule has 2 aromatic heterocycles. The van der Waals surface area contributed by atoms with Crippen molar-refractivity contribution in [1.82, 2.24) is 9.13 Å². The average Bonchev–Trinajstić information content (AvgIpc) is 3.80. The van der Waals surface area contributed by atoms with Crippen LogP contribution in [0, 0.1) is 29.6 Å². The van der Waals surface area contributed by atoms with Crippen molar-refractivity contribution in [2.75, 3.05) is 0 Å². The molecule has 1 unspecified atom stereocenters. The van der Waals surface area contributed by atoms with Crippen molar-refractivity contribution in [3.05, 3.63) is 151 Å². The molecule has 0 saturated heterocycles. The third-order valence-electron chi connectivity index (χ3n) is 14.7. The molecule has 250 valence electrons. The third-order valence-corrected chi connectivity index (χ3v) is 14.7. The van der Waals surface area contributed by atoms with Crippen molar-refractivity contribution in [2.24, 2.45) is 29.6 Å². The van der Waals surface area contributed by atoms with Crippen LogP contribution in [-0.4, -0.2) is 9.13 Å². The molecular formula is C50H40N2. The van der Waals surface area contributed by atoms with E-state index >= 15 is 0 Å². The maximum absolute atomic E-state index is 2.64. The molecule has 6 aliphatic carbocycles. The van der Waals surface area contributed by atoms with E-state index < -0.39 is 0 Å². The quantitative estimate of drug-likeness (QED) is 0.173. The van der Waals surface area contributed by atoms with Gasteiger partial charge in [-0.05, 0) is 144 Å². The van der Waals surface area contributed by atoms with Crippen molar-refractivity contribution < 1.29 is 0 Å². The van der Waals surface area contributed by atoms with Gasteiger partial charge in [-0.3, -0.25) is 0 Å². The van der Waals surface area contributed by atoms with Gasteiger partial charge in [0.05, 0.1) is 27.8 Å². The lowest BCUT2D eigenvalue weighted by molar-refractivity contribution is -0.0748. The number of aromatic nitrogens is 2. The lowest BCUT2D eigenvalue weighted by atomic mass is 9.41. The maximum Gasteiger partial charge on any atom is 0.0562 e. The highest BCUT2D eigenvalue weighted by molar-refractivity contribution is 6.21. The molecule has 6 aromatic carbocycles. The third kappa shape index (κ3) is 3.38. The number of para-hydroxylation sites is 2. The van der Waals surface area contributed by atoms with E-state index in [-0.39, 0.29) is 5.41 Å². The van der Waals surface area contributed by atoms with Gasteiger partial charge < -0.3 is 9.13 Å². The van der Waals surface area contributed by atoms with Crippen LogP contribution in [0.25, 0.3) is 71.3 Å². The van der Waals surface area contributed by atoms with Gasteiger partial charge in [0.25, 0.3) is 0 Å². The van der Waals surface area contributed by atoms with E-state index in [0.717, 1.165) is 23.7 Å². The van der Waals surface area contributed by atoms with Crippen LogP contribution in [0.15, 0.2) is 140 Å². The monoisotopic (exact) mass is 668 g/mol. The Morgan fingerprint density at radius 3 is 2.08 bits per heavy atom. The van der Waals surface area contributed by atoms with Crippen LogP contribution in [0.4, 0.5) is 0 Å². The molecule has 8 aromatic rings. The van der Waals surface area contributed by atoms with E-state index in [1.165, 1.54) is 104 Å². The zero-order valence-electron chi connectivity index (χ0n) is 29.3. The Hall–Kier alpha value is -5.34. The number of nitrogens with zero attached hydrogens (tertiary/aromatic N) is 2. The van der Waals surface area contributed by atoms with E-state index in [1.807, 2.05) is 0 Å². The summed E-state index contributed by atoms with van der Waals surface area (Å²) in [7, 11) is 0. The number of benzene rings is 6. The van der Waals surface area contributed by atoms with Crippen LogP contribution in [-0.2, 0) is 5.41 Å². The highest BCUT2D eigenvalue weighted by atomic mass is 15.0.